The van der Waals surface area contributed by atoms with Crippen molar-refractivity contribution in [3.05, 3.63) is 59.7 Å². The smallest absolute Gasteiger partial charge is 0.407 e. The molecule has 0 saturated carbocycles. The molecule has 1 aliphatic carbocycles. The molecular weight excluding hydrogens is 436 g/mol. The Morgan fingerprint density at radius 1 is 1.03 bits per heavy atom. The van der Waals surface area contributed by atoms with Gasteiger partial charge >= 0.3 is 12.1 Å². The van der Waals surface area contributed by atoms with E-state index in [-0.39, 0.29) is 44.0 Å². The molecule has 0 bridgehead atoms. The van der Waals surface area contributed by atoms with Gasteiger partial charge in [-0.1, -0.05) is 48.5 Å². The molecule has 0 spiro atoms. The molecule has 2 amide bonds. The second kappa shape index (κ2) is 11.7. The van der Waals surface area contributed by atoms with Crippen LogP contribution in [0.4, 0.5) is 4.79 Å². The summed E-state index contributed by atoms with van der Waals surface area (Å²) in [6, 6.07) is 15.9. The number of hydrogen-bond acceptors (Lipinski definition) is 5. The van der Waals surface area contributed by atoms with Gasteiger partial charge in [-0.15, -0.1) is 0 Å². The second-order valence-corrected chi connectivity index (χ2v) is 8.50. The highest BCUT2D eigenvalue weighted by Gasteiger charge is 2.29. The Morgan fingerprint density at radius 3 is 2.15 bits per heavy atom. The van der Waals surface area contributed by atoms with E-state index in [9.17, 15) is 14.4 Å². The summed E-state index contributed by atoms with van der Waals surface area (Å²) < 4.78 is 11.1. The van der Waals surface area contributed by atoms with Gasteiger partial charge in [-0.25, -0.2) is 4.79 Å². The first kappa shape index (κ1) is 25.2. The minimum atomic E-state index is -1.08. The zero-order valence-corrected chi connectivity index (χ0v) is 19.8. The zero-order valence-electron chi connectivity index (χ0n) is 19.8. The van der Waals surface area contributed by atoms with E-state index in [1.165, 1.54) is 4.90 Å². The van der Waals surface area contributed by atoms with E-state index in [0.29, 0.717) is 6.61 Å². The third kappa shape index (κ3) is 6.14. The third-order valence-electron chi connectivity index (χ3n) is 5.87. The van der Waals surface area contributed by atoms with Crippen LogP contribution in [0.25, 0.3) is 11.1 Å². The van der Waals surface area contributed by atoms with Gasteiger partial charge in [0, 0.05) is 25.1 Å². The van der Waals surface area contributed by atoms with Crippen molar-refractivity contribution in [1.29, 1.82) is 0 Å². The largest absolute Gasteiger partial charge is 0.480 e. The van der Waals surface area contributed by atoms with Crippen molar-refractivity contribution in [3.63, 3.8) is 0 Å². The molecule has 182 valence electrons. The molecule has 3 rings (SSSR count). The molecular formula is C26H32N2O6. The summed E-state index contributed by atoms with van der Waals surface area (Å²) in [6.07, 6.45) is -1.22. The number of carboxylic acid groups (broad SMARTS) is 1. The third-order valence-corrected chi connectivity index (χ3v) is 5.87. The molecule has 1 atom stereocenters. The molecule has 1 aliphatic rings. The molecule has 2 N–H and O–H groups in total. The Labute approximate surface area is 199 Å². The van der Waals surface area contributed by atoms with Gasteiger partial charge in [-0.05, 0) is 43.0 Å². The molecule has 2 aromatic rings. The summed E-state index contributed by atoms with van der Waals surface area (Å²) in [4.78, 5) is 37.4. The number of carbonyl (C=O) groups is 3. The lowest BCUT2D eigenvalue weighted by molar-refractivity contribution is -0.147. The summed E-state index contributed by atoms with van der Waals surface area (Å²) in [7, 11) is 0. The van der Waals surface area contributed by atoms with Crippen molar-refractivity contribution in [2.45, 2.75) is 45.3 Å². The average Bonchev–Trinajstić information content (AvgIpc) is 3.13. The summed E-state index contributed by atoms with van der Waals surface area (Å²) >= 11 is 0. The summed E-state index contributed by atoms with van der Waals surface area (Å²) in [5, 5.41) is 11.7. The predicted molar refractivity (Wildman–Crippen MR) is 128 cm³/mol. The van der Waals surface area contributed by atoms with Gasteiger partial charge in [-0.2, -0.15) is 0 Å². The first-order valence-corrected chi connectivity index (χ1v) is 11.5. The highest BCUT2D eigenvalue weighted by molar-refractivity contribution is 5.82. The van der Waals surface area contributed by atoms with Crippen molar-refractivity contribution in [1.82, 2.24) is 10.2 Å². The number of hydrogen-bond donors (Lipinski definition) is 2. The van der Waals surface area contributed by atoms with Gasteiger partial charge in [0.15, 0.2) is 0 Å². The number of ether oxygens (including phenoxy) is 2. The van der Waals surface area contributed by atoms with Crippen molar-refractivity contribution in [2.75, 3.05) is 26.3 Å². The topological polar surface area (TPSA) is 105 Å². The molecule has 2 aromatic carbocycles. The Kier molecular flexibility index (Phi) is 8.65. The quantitative estimate of drug-likeness (QED) is 0.522. The van der Waals surface area contributed by atoms with Crippen LogP contribution in [0.5, 0.6) is 0 Å². The number of carbonyl (C=O) groups excluding carboxylic acids is 2. The standard InChI is InChI=1S/C26H32N2O6/c1-4-33-18(13-24(29)28(17(2)3)15-25(30)31)14-27-26(32)34-16-23-21-11-7-5-9-19(21)20-10-6-8-12-22(20)23/h5-12,17-18,23H,4,13-16H2,1-3H3,(H,27,32)(H,30,31). The van der Waals surface area contributed by atoms with E-state index in [4.69, 9.17) is 14.6 Å². The van der Waals surface area contributed by atoms with E-state index >= 15 is 0 Å². The van der Waals surface area contributed by atoms with Crippen LogP contribution in [0.1, 0.15) is 44.2 Å². The van der Waals surface area contributed by atoms with Gasteiger partial charge < -0.3 is 24.8 Å². The van der Waals surface area contributed by atoms with Crippen molar-refractivity contribution in [2.24, 2.45) is 0 Å². The van der Waals surface area contributed by atoms with Crippen LogP contribution in [0.3, 0.4) is 0 Å². The number of carboxylic acids is 1. The number of nitrogens with one attached hydrogen (secondary N) is 1. The average molecular weight is 469 g/mol. The van der Waals surface area contributed by atoms with Crippen LogP contribution < -0.4 is 5.32 Å². The molecule has 34 heavy (non-hydrogen) atoms. The first-order valence-electron chi connectivity index (χ1n) is 11.5. The Bertz CT molecular complexity index is 976. The lowest BCUT2D eigenvalue weighted by Gasteiger charge is -2.27. The fraction of sp³-hybridized carbons (Fsp3) is 0.423. The van der Waals surface area contributed by atoms with Crippen LogP contribution in [0.15, 0.2) is 48.5 Å². The molecule has 8 heteroatoms. The molecule has 0 aliphatic heterocycles. The van der Waals surface area contributed by atoms with E-state index in [1.807, 2.05) is 24.3 Å². The monoisotopic (exact) mass is 468 g/mol. The molecule has 1 unspecified atom stereocenters. The predicted octanol–water partition coefficient (Wildman–Crippen LogP) is 3.64. The van der Waals surface area contributed by atoms with Gasteiger partial charge in [0.25, 0.3) is 0 Å². The molecule has 0 heterocycles. The SMILES string of the molecule is CCOC(CNC(=O)OCC1c2ccccc2-c2ccccc21)CC(=O)N(CC(=O)O)C(C)C. The van der Waals surface area contributed by atoms with E-state index < -0.39 is 18.2 Å². The summed E-state index contributed by atoms with van der Waals surface area (Å²) in [6.45, 7) is 5.55. The highest BCUT2D eigenvalue weighted by atomic mass is 16.5. The normalized spacial score (nSPS) is 13.2. The fourth-order valence-corrected chi connectivity index (χ4v) is 4.29. The minimum absolute atomic E-state index is 0.0387. The number of aliphatic carboxylic acids is 1. The lowest BCUT2D eigenvalue weighted by atomic mass is 9.98. The second-order valence-electron chi connectivity index (χ2n) is 8.50. The Hall–Kier alpha value is -3.39. The molecule has 0 aromatic heterocycles. The number of fused-ring (bicyclic) bond motifs is 3. The van der Waals surface area contributed by atoms with Gasteiger partial charge in [-0.3, -0.25) is 9.59 Å². The van der Waals surface area contributed by atoms with Crippen molar-refractivity contribution >= 4 is 18.0 Å². The van der Waals surface area contributed by atoms with Crippen LogP contribution in [0, 0.1) is 0 Å². The van der Waals surface area contributed by atoms with E-state index in [2.05, 4.69) is 29.6 Å². The van der Waals surface area contributed by atoms with E-state index in [1.54, 1.807) is 20.8 Å². The molecule has 8 nitrogen and oxygen atoms in total. The minimum Gasteiger partial charge on any atom is -0.480 e. The number of amides is 2. The van der Waals surface area contributed by atoms with Gasteiger partial charge in [0.05, 0.1) is 12.5 Å². The number of benzene rings is 2. The Morgan fingerprint density at radius 2 is 1.62 bits per heavy atom. The van der Waals surface area contributed by atoms with Gasteiger partial charge in [0.2, 0.25) is 5.91 Å². The lowest BCUT2D eigenvalue weighted by Crippen LogP contribution is -2.44. The fourth-order valence-electron chi connectivity index (χ4n) is 4.29. The Balaban J connectivity index is 1.56. The number of nitrogens with zero attached hydrogens (tertiary/aromatic N) is 1. The first-order chi connectivity index (χ1) is 16.3. The zero-order chi connectivity index (χ0) is 24.7. The summed E-state index contributed by atoms with van der Waals surface area (Å²) in [5.41, 5.74) is 4.55. The maximum atomic E-state index is 12.6. The van der Waals surface area contributed by atoms with Crippen LogP contribution in [-0.2, 0) is 19.1 Å². The number of alkyl carbamates (subject to hydrolysis) is 1. The number of rotatable bonds is 11. The van der Waals surface area contributed by atoms with Gasteiger partial charge in [0.1, 0.15) is 13.2 Å². The maximum Gasteiger partial charge on any atom is 0.407 e. The maximum absolute atomic E-state index is 12.6. The van der Waals surface area contributed by atoms with Crippen LogP contribution in [-0.4, -0.2) is 66.4 Å². The van der Waals surface area contributed by atoms with E-state index in [0.717, 1.165) is 22.3 Å². The summed E-state index contributed by atoms with van der Waals surface area (Å²) in [5.74, 6) is -1.46. The van der Waals surface area contributed by atoms with Crippen molar-refractivity contribution in [3.8, 4) is 11.1 Å². The molecule has 0 fully saturated rings. The van der Waals surface area contributed by atoms with Crippen molar-refractivity contribution < 1.29 is 29.0 Å². The molecule has 0 saturated heterocycles. The highest BCUT2D eigenvalue weighted by Crippen LogP contribution is 2.44. The molecule has 0 radical (unpaired) electrons. The van der Waals surface area contributed by atoms with Crippen LogP contribution in [0.2, 0.25) is 0 Å². The van der Waals surface area contributed by atoms with Crippen LogP contribution >= 0.6 is 0 Å².